The van der Waals surface area contributed by atoms with Gasteiger partial charge in [-0.15, -0.1) is 0 Å². The summed E-state index contributed by atoms with van der Waals surface area (Å²) in [5.74, 6) is 1.52. The predicted molar refractivity (Wildman–Crippen MR) is 83.4 cm³/mol. The van der Waals surface area contributed by atoms with E-state index in [-0.39, 0.29) is 0 Å². The van der Waals surface area contributed by atoms with Gasteiger partial charge in [0.2, 0.25) is 0 Å². The zero-order chi connectivity index (χ0) is 14.7. The fraction of sp³-hybridized carbons (Fsp3) is 0.375. The Morgan fingerprint density at radius 3 is 2.57 bits per heavy atom. The fourth-order valence-corrected chi connectivity index (χ4v) is 2.55. The lowest BCUT2D eigenvalue weighted by Crippen LogP contribution is -2.39. The first-order chi connectivity index (χ1) is 10.3. The van der Waals surface area contributed by atoms with Crippen LogP contribution in [0.2, 0.25) is 0 Å². The van der Waals surface area contributed by atoms with Crippen LogP contribution < -0.4 is 15.4 Å². The Labute approximate surface area is 124 Å². The Hall–Kier alpha value is -2.14. The Morgan fingerprint density at radius 1 is 1.19 bits per heavy atom. The van der Waals surface area contributed by atoms with Gasteiger partial charge in [-0.2, -0.15) is 0 Å². The highest BCUT2D eigenvalue weighted by Gasteiger charge is 2.16. The molecule has 0 amide bonds. The van der Waals surface area contributed by atoms with Crippen LogP contribution in [0.1, 0.15) is 12.8 Å². The van der Waals surface area contributed by atoms with Crippen molar-refractivity contribution in [3.8, 4) is 17.1 Å². The molecule has 1 aromatic heterocycles. The molecule has 2 N–H and O–H groups in total. The molecule has 0 unspecified atom stereocenters. The molecule has 0 atom stereocenters. The third-order valence-corrected chi connectivity index (χ3v) is 3.87. The Bertz CT molecular complexity index is 591. The van der Waals surface area contributed by atoms with Crippen LogP contribution in [0.5, 0.6) is 5.75 Å². The van der Waals surface area contributed by atoms with Crippen LogP contribution in [0.3, 0.4) is 0 Å². The number of hydrogen-bond acceptors (Lipinski definition) is 5. The summed E-state index contributed by atoms with van der Waals surface area (Å²) in [4.78, 5) is 11.2. The Balaban J connectivity index is 1.77. The van der Waals surface area contributed by atoms with E-state index < -0.39 is 0 Å². The molecule has 0 bridgehead atoms. The maximum atomic E-state index is 5.93. The molecule has 0 radical (unpaired) electrons. The van der Waals surface area contributed by atoms with Crippen molar-refractivity contribution < 1.29 is 4.74 Å². The minimum Gasteiger partial charge on any atom is -0.497 e. The van der Waals surface area contributed by atoms with Gasteiger partial charge in [0.25, 0.3) is 0 Å². The lowest BCUT2D eigenvalue weighted by molar-refractivity contribution is 0.415. The number of anilines is 1. The van der Waals surface area contributed by atoms with Gasteiger partial charge in [-0.3, -0.25) is 0 Å². The quantitative estimate of drug-likeness (QED) is 0.935. The van der Waals surface area contributed by atoms with Gasteiger partial charge in [-0.25, -0.2) is 9.97 Å². The third kappa shape index (κ3) is 3.13. The lowest BCUT2D eigenvalue weighted by atomic mass is 10.1. The van der Waals surface area contributed by atoms with E-state index in [1.165, 1.54) is 0 Å². The summed E-state index contributed by atoms with van der Waals surface area (Å²) in [6.07, 6.45) is 5.83. The van der Waals surface area contributed by atoms with E-state index in [1.807, 2.05) is 36.7 Å². The number of nitrogens with two attached hydrogens (primary N) is 1. The van der Waals surface area contributed by atoms with E-state index in [2.05, 4.69) is 14.9 Å². The highest BCUT2D eigenvalue weighted by atomic mass is 16.5. The number of aromatic nitrogens is 2. The molecule has 0 saturated carbocycles. The van der Waals surface area contributed by atoms with Crippen molar-refractivity contribution in [3.05, 3.63) is 36.7 Å². The average Bonchev–Trinajstić information content (AvgIpc) is 2.56. The topological polar surface area (TPSA) is 64.3 Å². The van der Waals surface area contributed by atoms with Crippen LogP contribution in [0.4, 0.5) is 5.69 Å². The van der Waals surface area contributed by atoms with E-state index in [1.54, 1.807) is 7.11 Å². The summed E-state index contributed by atoms with van der Waals surface area (Å²) in [5, 5.41) is 0. The van der Waals surface area contributed by atoms with Gasteiger partial charge in [-0.05, 0) is 25.0 Å². The normalized spacial score (nSPS) is 16.0. The van der Waals surface area contributed by atoms with Crippen LogP contribution in [0.25, 0.3) is 11.4 Å². The highest BCUT2D eigenvalue weighted by molar-refractivity contribution is 5.58. The van der Waals surface area contributed by atoms with Crippen molar-refractivity contribution in [1.82, 2.24) is 9.97 Å². The minimum atomic E-state index is 0.332. The van der Waals surface area contributed by atoms with Crippen LogP contribution in [-0.4, -0.2) is 36.2 Å². The summed E-state index contributed by atoms with van der Waals surface area (Å²) >= 11 is 0. The third-order valence-electron chi connectivity index (χ3n) is 3.87. The molecule has 5 heteroatoms. The predicted octanol–water partition coefficient (Wildman–Crippen LogP) is 2.08. The SMILES string of the molecule is COc1cccc(-c2ncc(N3CCC(N)CC3)cn2)c1. The molecule has 5 nitrogen and oxygen atoms in total. The second-order valence-electron chi connectivity index (χ2n) is 5.32. The second-order valence-corrected chi connectivity index (χ2v) is 5.32. The van der Waals surface area contributed by atoms with Gasteiger partial charge >= 0.3 is 0 Å². The largest absolute Gasteiger partial charge is 0.497 e. The number of hydrogen-bond donors (Lipinski definition) is 1. The van der Waals surface area contributed by atoms with E-state index in [4.69, 9.17) is 10.5 Å². The molecule has 1 aromatic carbocycles. The van der Waals surface area contributed by atoms with Gasteiger partial charge in [0.05, 0.1) is 25.2 Å². The average molecular weight is 284 g/mol. The molecule has 0 spiro atoms. The van der Waals surface area contributed by atoms with Crippen molar-refractivity contribution >= 4 is 5.69 Å². The maximum absolute atomic E-state index is 5.93. The maximum Gasteiger partial charge on any atom is 0.159 e. The van der Waals surface area contributed by atoms with Gasteiger partial charge in [0, 0.05) is 24.7 Å². The smallest absolute Gasteiger partial charge is 0.159 e. The summed E-state index contributed by atoms with van der Waals surface area (Å²) < 4.78 is 5.23. The zero-order valence-corrected chi connectivity index (χ0v) is 12.2. The van der Waals surface area contributed by atoms with Crippen LogP contribution in [0, 0.1) is 0 Å². The van der Waals surface area contributed by atoms with E-state index in [9.17, 15) is 0 Å². The molecule has 21 heavy (non-hydrogen) atoms. The molecule has 3 rings (SSSR count). The van der Waals surface area contributed by atoms with Crippen LogP contribution in [-0.2, 0) is 0 Å². The van der Waals surface area contributed by atoms with Crippen molar-refractivity contribution in [3.63, 3.8) is 0 Å². The molecule has 2 heterocycles. The number of benzene rings is 1. The van der Waals surface area contributed by atoms with E-state index in [0.717, 1.165) is 42.9 Å². The Morgan fingerprint density at radius 2 is 1.90 bits per heavy atom. The zero-order valence-electron chi connectivity index (χ0n) is 12.2. The number of methoxy groups -OCH3 is 1. The van der Waals surface area contributed by atoms with Crippen molar-refractivity contribution in [2.75, 3.05) is 25.1 Å². The fourth-order valence-electron chi connectivity index (χ4n) is 2.55. The van der Waals surface area contributed by atoms with Crippen molar-refractivity contribution in [1.29, 1.82) is 0 Å². The summed E-state index contributed by atoms with van der Waals surface area (Å²) in [6, 6.07) is 8.11. The minimum absolute atomic E-state index is 0.332. The monoisotopic (exact) mass is 284 g/mol. The molecule has 1 aliphatic heterocycles. The molecule has 1 saturated heterocycles. The molecule has 2 aromatic rings. The lowest BCUT2D eigenvalue weighted by Gasteiger charge is -2.31. The van der Waals surface area contributed by atoms with Gasteiger partial charge < -0.3 is 15.4 Å². The van der Waals surface area contributed by atoms with Crippen molar-refractivity contribution in [2.45, 2.75) is 18.9 Å². The number of rotatable bonds is 3. The molecule has 1 fully saturated rings. The van der Waals surface area contributed by atoms with E-state index >= 15 is 0 Å². The molecule has 0 aliphatic carbocycles. The number of nitrogens with zero attached hydrogens (tertiary/aromatic N) is 3. The van der Waals surface area contributed by atoms with Crippen LogP contribution in [0.15, 0.2) is 36.7 Å². The second kappa shape index (κ2) is 6.10. The molecular weight excluding hydrogens is 264 g/mol. The van der Waals surface area contributed by atoms with E-state index in [0.29, 0.717) is 11.9 Å². The van der Waals surface area contributed by atoms with Crippen LogP contribution >= 0.6 is 0 Å². The van der Waals surface area contributed by atoms with Crippen molar-refractivity contribution in [2.24, 2.45) is 5.73 Å². The number of ether oxygens (including phenoxy) is 1. The summed E-state index contributed by atoms with van der Waals surface area (Å²) in [7, 11) is 1.66. The summed E-state index contributed by atoms with van der Waals surface area (Å²) in [5.41, 5.74) is 7.96. The van der Waals surface area contributed by atoms with Gasteiger partial charge in [0.15, 0.2) is 5.82 Å². The van der Waals surface area contributed by atoms with Gasteiger partial charge in [0.1, 0.15) is 5.75 Å². The standard InChI is InChI=1S/C16H20N4O/c1-21-15-4-2-3-12(9-15)16-18-10-14(11-19-16)20-7-5-13(17)6-8-20/h2-4,9-11,13H,5-8,17H2,1H3. The Kier molecular flexibility index (Phi) is 4.01. The summed E-state index contributed by atoms with van der Waals surface area (Å²) in [6.45, 7) is 1.95. The molecular formula is C16H20N4O. The van der Waals surface area contributed by atoms with Gasteiger partial charge in [-0.1, -0.05) is 12.1 Å². The molecule has 1 aliphatic rings. The first-order valence-electron chi connectivity index (χ1n) is 7.23. The molecule has 110 valence electrons. The number of piperidine rings is 1. The first-order valence-corrected chi connectivity index (χ1v) is 7.23. The first kappa shape index (κ1) is 13.8. The highest BCUT2D eigenvalue weighted by Crippen LogP contribution is 2.23.